The summed E-state index contributed by atoms with van der Waals surface area (Å²) in [6.07, 6.45) is 1.70. The first-order chi connectivity index (χ1) is 12.5. The Labute approximate surface area is 158 Å². The van der Waals surface area contributed by atoms with E-state index in [1.165, 1.54) is 0 Å². The van der Waals surface area contributed by atoms with Gasteiger partial charge < -0.3 is 20.4 Å². The molecule has 0 unspecified atom stereocenters. The van der Waals surface area contributed by atoms with Gasteiger partial charge in [-0.25, -0.2) is 4.98 Å². The summed E-state index contributed by atoms with van der Waals surface area (Å²) in [5.41, 5.74) is 10.5. The van der Waals surface area contributed by atoms with Crippen LogP contribution in [0.2, 0.25) is 5.02 Å². The van der Waals surface area contributed by atoms with Gasteiger partial charge in [0.25, 0.3) is 0 Å². The van der Waals surface area contributed by atoms with Gasteiger partial charge in [0.05, 0.1) is 17.6 Å². The minimum atomic E-state index is -0.301. The molecule has 0 spiro atoms. The zero-order valence-electron chi connectivity index (χ0n) is 14.8. The number of nitrogens with zero attached hydrogens (tertiary/aromatic N) is 2. The highest BCUT2D eigenvalue weighted by Gasteiger charge is 2.30. The fourth-order valence-corrected chi connectivity index (χ4v) is 3.68. The molecule has 1 aliphatic rings. The minimum Gasteiger partial charge on any atom is -0.381 e. The highest BCUT2D eigenvalue weighted by atomic mass is 35.5. The fraction of sp³-hybridized carbons (Fsp3) is 0.350. The van der Waals surface area contributed by atoms with Crippen LogP contribution in [0.15, 0.2) is 42.5 Å². The van der Waals surface area contributed by atoms with Gasteiger partial charge in [-0.15, -0.1) is 0 Å². The molecular formula is C20H23ClN4O. The number of rotatable bonds is 4. The van der Waals surface area contributed by atoms with Crippen LogP contribution in [-0.4, -0.2) is 22.8 Å². The summed E-state index contributed by atoms with van der Waals surface area (Å²) in [6, 6.07) is 14.1. The third-order valence-corrected chi connectivity index (χ3v) is 5.44. The summed E-state index contributed by atoms with van der Waals surface area (Å²) in [5.74, 6) is 0.959. The summed E-state index contributed by atoms with van der Waals surface area (Å²) < 4.78 is 7.53. The van der Waals surface area contributed by atoms with Crippen LogP contribution in [0.25, 0.3) is 11.0 Å². The van der Waals surface area contributed by atoms with Crippen molar-refractivity contribution in [1.29, 1.82) is 0 Å². The molecule has 6 heteroatoms. The standard InChI is InChI=1S/C20H23ClN4O/c1-25-18-12-15(21)5-6-17(18)24-19(25)13-23-16-4-2-3-14(11-16)20(22)7-9-26-10-8-20/h2-6,11-12,23H,7-10,13,22H2,1H3. The lowest BCUT2D eigenvalue weighted by Gasteiger charge is -2.34. The van der Waals surface area contributed by atoms with E-state index >= 15 is 0 Å². The van der Waals surface area contributed by atoms with Crippen LogP contribution >= 0.6 is 11.6 Å². The number of imidazole rings is 1. The molecule has 5 nitrogen and oxygen atoms in total. The van der Waals surface area contributed by atoms with E-state index in [1.807, 2.05) is 25.2 Å². The summed E-state index contributed by atoms with van der Waals surface area (Å²) >= 11 is 6.10. The van der Waals surface area contributed by atoms with Crippen molar-refractivity contribution in [2.45, 2.75) is 24.9 Å². The molecule has 4 rings (SSSR count). The molecule has 1 saturated heterocycles. The predicted octanol–water partition coefficient (Wildman–Crippen LogP) is 3.80. The number of benzene rings is 2. The van der Waals surface area contributed by atoms with Crippen LogP contribution in [0.3, 0.4) is 0 Å². The van der Waals surface area contributed by atoms with Crippen LogP contribution in [-0.2, 0) is 23.9 Å². The number of nitrogens with two attached hydrogens (primary N) is 1. The zero-order valence-corrected chi connectivity index (χ0v) is 15.6. The van der Waals surface area contributed by atoms with Gasteiger partial charge in [-0.3, -0.25) is 0 Å². The van der Waals surface area contributed by atoms with Crippen molar-refractivity contribution in [1.82, 2.24) is 9.55 Å². The molecule has 0 radical (unpaired) electrons. The Kier molecular flexibility index (Phi) is 4.61. The van der Waals surface area contributed by atoms with Gasteiger partial charge in [-0.2, -0.15) is 0 Å². The largest absolute Gasteiger partial charge is 0.381 e. The first-order valence-electron chi connectivity index (χ1n) is 8.87. The molecule has 3 aromatic rings. The van der Waals surface area contributed by atoms with Gasteiger partial charge in [0.2, 0.25) is 0 Å². The van der Waals surface area contributed by atoms with Crippen molar-refractivity contribution >= 4 is 28.3 Å². The molecule has 1 fully saturated rings. The molecule has 2 aromatic carbocycles. The minimum absolute atomic E-state index is 0.301. The van der Waals surface area contributed by atoms with E-state index in [-0.39, 0.29) is 5.54 Å². The second-order valence-electron chi connectivity index (χ2n) is 6.92. The van der Waals surface area contributed by atoms with E-state index in [0.29, 0.717) is 6.54 Å². The summed E-state index contributed by atoms with van der Waals surface area (Å²) in [5, 5.41) is 4.19. The predicted molar refractivity (Wildman–Crippen MR) is 105 cm³/mol. The average Bonchev–Trinajstić information content (AvgIpc) is 2.96. The topological polar surface area (TPSA) is 65.1 Å². The Hall–Kier alpha value is -2.08. The van der Waals surface area contributed by atoms with Crippen LogP contribution in [0.1, 0.15) is 24.2 Å². The molecule has 2 heterocycles. The first-order valence-corrected chi connectivity index (χ1v) is 9.25. The van der Waals surface area contributed by atoms with Crippen LogP contribution in [0, 0.1) is 0 Å². The highest BCUT2D eigenvalue weighted by molar-refractivity contribution is 6.31. The maximum Gasteiger partial charge on any atom is 0.128 e. The molecule has 0 amide bonds. The van der Waals surface area contributed by atoms with Gasteiger partial charge in [0.15, 0.2) is 0 Å². The normalized spacial score (nSPS) is 16.7. The van der Waals surface area contributed by atoms with E-state index in [1.54, 1.807) is 0 Å². The summed E-state index contributed by atoms with van der Waals surface area (Å²) in [6.45, 7) is 2.07. The maximum atomic E-state index is 6.61. The fourth-order valence-electron chi connectivity index (χ4n) is 3.52. The first kappa shape index (κ1) is 17.3. The number of nitrogens with one attached hydrogen (secondary N) is 1. The SMILES string of the molecule is Cn1c(CNc2cccc(C3(N)CCOCC3)c2)nc2ccc(Cl)cc21. The Balaban J connectivity index is 1.53. The molecule has 1 aliphatic heterocycles. The Bertz CT molecular complexity index is 931. The number of aromatic nitrogens is 2. The molecule has 0 bridgehead atoms. The number of ether oxygens (including phenoxy) is 1. The van der Waals surface area contributed by atoms with Crippen molar-refractivity contribution < 1.29 is 4.74 Å². The number of halogens is 1. The second kappa shape index (κ2) is 6.91. The smallest absolute Gasteiger partial charge is 0.128 e. The van der Waals surface area contributed by atoms with Crippen LogP contribution in [0.4, 0.5) is 5.69 Å². The Morgan fingerprint density at radius 3 is 2.85 bits per heavy atom. The molecule has 26 heavy (non-hydrogen) atoms. The number of aryl methyl sites for hydroxylation is 1. The Morgan fingerprint density at radius 1 is 1.23 bits per heavy atom. The third-order valence-electron chi connectivity index (χ3n) is 5.21. The number of fused-ring (bicyclic) bond motifs is 1. The van der Waals surface area contributed by atoms with Crippen molar-refractivity contribution in [2.24, 2.45) is 12.8 Å². The highest BCUT2D eigenvalue weighted by Crippen LogP contribution is 2.31. The third kappa shape index (κ3) is 3.30. The van der Waals surface area contributed by atoms with E-state index < -0.39 is 0 Å². The molecule has 3 N–H and O–H groups in total. The van der Waals surface area contributed by atoms with E-state index in [9.17, 15) is 0 Å². The van der Waals surface area contributed by atoms with Gasteiger partial charge in [0.1, 0.15) is 5.82 Å². The Morgan fingerprint density at radius 2 is 2.04 bits per heavy atom. The van der Waals surface area contributed by atoms with Gasteiger partial charge in [-0.05, 0) is 48.7 Å². The number of hydrogen-bond donors (Lipinski definition) is 2. The molecule has 1 aromatic heterocycles. The number of anilines is 1. The lowest BCUT2D eigenvalue weighted by Crippen LogP contribution is -2.42. The van der Waals surface area contributed by atoms with Gasteiger partial charge >= 0.3 is 0 Å². The van der Waals surface area contributed by atoms with Crippen LogP contribution in [0.5, 0.6) is 0 Å². The van der Waals surface area contributed by atoms with Crippen molar-refractivity contribution in [3.05, 3.63) is 58.9 Å². The summed E-state index contributed by atoms with van der Waals surface area (Å²) in [4.78, 5) is 4.69. The van der Waals surface area contributed by atoms with Crippen LogP contribution < -0.4 is 11.1 Å². The maximum absolute atomic E-state index is 6.61. The lowest BCUT2D eigenvalue weighted by atomic mass is 9.83. The molecule has 0 saturated carbocycles. The molecule has 136 valence electrons. The summed E-state index contributed by atoms with van der Waals surface area (Å²) in [7, 11) is 2.01. The van der Waals surface area contributed by atoms with E-state index in [4.69, 9.17) is 27.1 Å². The van der Waals surface area contributed by atoms with Crippen molar-refractivity contribution in [3.63, 3.8) is 0 Å². The van der Waals surface area contributed by atoms with E-state index in [0.717, 1.165) is 59.2 Å². The molecule has 0 aliphatic carbocycles. The quantitative estimate of drug-likeness (QED) is 0.733. The van der Waals surface area contributed by atoms with Gasteiger partial charge in [0, 0.05) is 36.5 Å². The average molecular weight is 371 g/mol. The molecule has 0 atom stereocenters. The van der Waals surface area contributed by atoms with Gasteiger partial charge in [-0.1, -0.05) is 23.7 Å². The van der Waals surface area contributed by atoms with E-state index in [2.05, 4.69) is 34.1 Å². The lowest BCUT2D eigenvalue weighted by molar-refractivity contribution is 0.0523. The molecular weight excluding hydrogens is 348 g/mol. The van der Waals surface area contributed by atoms with Crippen molar-refractivity contribution in [3.8, 4) is 0 Å². The van der Waals surface area contributed by atoms with Crippen molar-refractivity contribution in [2.75, 3.05) is 18.5 Å². The zero-order chi connectivity index (χ0) is 18.1. The number of hydrogen-bond acceptors (Lipinski definition) is 4. The second-order valence-corrected chi connectivity index (χ2v) is 7.36. The monoisotopic (exact) mass is 370 g/mol.